The van der Waals surface area contributed by atoms with E-state index in [0.29, 0.717) is 23.3 Å². The Labute approximate surface area is 133 Å². The van der Waals surface area contributed by atoms with Crippen LogP contribution in [-0.4, -0.2) is 12.3 Å². The second kappa shape index (κ2) is 5.39. The number of hydrazone groups is 1. The largest absolute Gasteiger partial charge is 0.454 e. The van der Waals surface area contributed by atoms with E-state index in [1.54, 1.807) is 6.07 Å². The smallest absolute Gasteiger partial charge is 0.193 e. The summed E-state index contributed by atoms with van der Waals surface area (Å²) in [5.41, 5.74) is 6.73. The molecule has 4 rings (SSSR count). The van der Waals surface area contributed by atoms with E-state index in [0.717, 1.165) is 11.3 Å². The molecule has 4 heteroatoms. The Kier molecular flexibility index (Phi) is 3.23. The summed E-state index contributed by atoms with van der Waals surface area (Å²) in [7, 11) is 0. The maximum Gasteiger partial charge on any atom is 0.193 e. The van der Waals surface area contributed by atoms with Crippen LogP contribution in [0.3, 0.4) is 0 Å². The molecular formula is C19H16N2O2. The third-order valence-corrected chi connectivity index (χ3v) is 4.19. The van der Waals surface area contributed by atoms with Crippen molar-refractivity contribution in [2.45, 2.75) is 12.8 Å². The first kappa shape index (κ1) is 13.8. The standard InChI is InChI=1S/C19H16N2O2/c1-12-6-8-13(9-7-12)15-11-20-21-19(15)18-10-16(22)14-4-2-3-5-17(14)23-18/h2-10,15,20H,11H2,1H3. The zero-order valence-corrected chi connectivity index (χ0v) is 12.7. The fraction of sp³-hybridized carbons (Fsp3) is 0.158. The number of hydrogen-bond donors (Lipinski definition) is 1. The van der Waals surface area contributed by atoms with Crippen molar-refractivity contribution in [3.8, 4) is 0 Å². The van der Waals surface area contributed by atoms with E-state index in [9.17, 15) is 4.79 Å². The third kappa shape index (κ3) is 2.42. The van der Waals surface area contributed by atoms with E-state index in [1.807, 2.05) is 18.2 Å². The quantitative estimate of drug-likeness (QED) is 0.791. The van der Waals surface area contributed by atoms with Crippen LogP contribution in [0.4, 0.5) is 0 Å². The van der Waals surface area contributed by atoms with Crippen molar-refractivity contribution >= 4 is 16.7 Å². The molecule has 3 aromatic rings. The Morgan fingerprint density at radius 3 is 2.74 bits per heavy atom. The van der Waals surface area contributed by atoms with Gasteiger partial charge in [-0.2, -0.15) is 5.10 Å². The predicted octanol–water partition coefficient (Wildman–Crippen LogP) is 3.19. The Hall–Kier alpha value is -2.88. The molecule has 2 aromatic carbocycles. The van der Waals surface area contributed by atoms with Gasteiger partial charge in [0.1, 0.15) is 11.3 Å². The molecule has 0 saturated heterocycles. The molecule has 0 amide bonds. The highest BCUT2D eigenvalue weighted by Crippen LogP contribution is 2.25. The van der Waals surface area contributed by atoms with Crippen molar-refractivity contribution in [1.82, 2.24) is 5.43 Å². The first-order chi connectivity index (χ1) is 11.2. The molecule has 1 aliphatic heterocycles. The molecule has 1 atom stereocenters. The molecule has 0 radical (unpaired) electrons. The zero-order chi connectivity index (χ0) is 15.8. The lowest BCUT2D eigenvalue weighted by Crippen LogP contribution is -2.16. The highest BCUT2D eigenvalue weighted by molar-refractivity contribution is 6.04. The van der Waals surface area contributed by atoms with Crippen molar-refractivity contribution in [3.05, 3.63) is 81.7 Å². The Balaban J connectivity index is 1.80. The zero-order valence-electron chi connectivity index (χ0n) is 12.7. The normalized spacial score (nSPS) is 17.1. The molecule has 0 bridgehead atoms. The van der Waals surface area contributed by atoms with Crippen LogP contribution in [0.1, 0.15) is 22.8 Å². The van der Waals surface area contributed by atoms with Crippen molar-refractivity contribution in [1.29, 1.82) is 0 Å². The number of nitrogens with zero attached hydrogens (tertiary/aromatic N) is 1. The fourth-order valence-electron chi connectivity index (χ4n) is 2.93. The summed E-state index contributed by atoms with van der Waals surface area (Å²) in [6, 6.07) is 17.2. The molecule has 4 nitrogen and oxygen atoms in total. The van der Waals surface area contributed by atoms with Crippen LogP contribution in [0.15, 0.2) is 68.9 Å². The Morgan fingerprint density at radius 1 is 1.13 bits per heavy atom. The maximum absolute atomic E-state index is 12.3. The molecule has 23 heavy (non-hydrogen) atoms. The van der Waals surface area contributed by atoms with E-state index in [2.05, 4.69) is 41.7 Å². The number of benzene rings is 2. The van der Waals surface area contributed by atoms with Gasteiger partial charge >= 0.3 is 0 Å². The second-order valence-electron chi connectivity index (χ2n) is 5.79. The summed E-state index contributed by atoms with van der Waals surface area (Å²) in [5.74, 6) is 0.615. The van der Waals surface area contributed by atoms with Crippen LogP contribution >= 0.6 is 0 Å². The monoisotopic (exact) mass is 304 g/mol. The highest BCUT2D eigenvalue weighted by Gasteiger charge is 2.27. The molecule has 114 valence electrons. The van der Waals surface area contributed by atoms with E-state index < -0.39 is 0 Å². The number of aryl methyl sites for hydroxylation is 1. The molecule has 0 saturated carbocycles. The van der Waals surface area contributed by atoms with Gasteiger partial charge in [-0.3, -0.25) is 4.79 Å². The highest BCUT2D eigenvalue weighted by atomic mass is 16.3. The number of fused-ring (bicyclic) bond motifs is 1. The van der Waals surface area contributed by atoms with Crippen LogP contribution in [0, 0.1) is 6.92 Å². The van der Waals surface area contributed by atoms with Crippen LogP contribution < -0.4 is 10.9 Å². The maximum atomic E-state index is 12.3. The van der Waals surface area contributed by atoms with Gasteiger partial charge in [-0.05, 0) is 24.6 Å². The average Bonchev–Trinajstić information content (AvgIpc) is 3.05. The van der Waals surface area contributed by atoms with Gasteiger partial charge in [0.05, 0.1) is 11.3 Å². The molecule has 1 aliphatic rings. The Bertz CT molecular complexity index is 955. The SMILES string of the molecule is Cc1ccc(C2CNN=C2c2cc(=O)c3ccccc3o2)cc1. The topological polar surface area (TPSA) is 54.6 Å². The molecular weight excluding hydrogens is 288 g/mol. The lowest BCUT2D eigenvalue weighted by Gasteiger charge is -2.12. The van der Waals surface area contributed by atoms with Gasteiger partial charge in [-0.1, -0.05) is 42.0 Å². The van der Waals surface area contributed by atoms with E-state index in [4.69, 9.17) is 4.42 Å². The number of hydrogen-bond acceptors (Lipinski definition) is 4. The summed E-state index contributed by atoms with van der Waals surface area (Å²) in [6.07, 6.45) is 0. The predicted molar refractivity (Wildman–Crippen MR) is 90.9 cm³/mol. The summed E-state index contributed by atoms with van der Waals surface area (Å²) in [4.78, 5) is 12.3. The minimum absolute atomic E-state index is 0.0425. The molecule has 0 spiro atoms. The first-order valence-corrected chi connectivity index (χ1v) is 7.62. The summed E-state index contributed by atoms with van der Waals surface area (Å²) >= 11 is 0. The van der Waals surface area contributed by atoms with E-state index in [1.165, 1.54) is 11.6 Å². The van der Waals surface area contributed by atoms with Gasteiger partial charge in [-0.25, -0.2) is 0 Å². The van der Waals surface area contributed by atoms with Crippen molar-refractivity contribution in [2.24, 2.45) is 5.10 Å². The molecule has 0 fully saturated rings. The van der Waals surface area contributed by atoms with E-state index in [-0.39, 0.29) is 11.3 Å². The molecule has 1 unspecified atom stereocenters. The molecule has 2 heterocycles. The number of nitrogens with one attached hydrogen (secondary N) is 1. The van der Waals surface area contributed by atoms with Gasteiger partial charge in [0.15, 0.2) is 11.2 Å². The van der Waals surface area contributed by atoms with Crippen LogP contribution in [0.2, 0.25) is 0 Å². The van der Waals surface area contributed by atoms with Crippen LogP contribution in [0.25, 0.3) is 11.0 Å². The Morgan fingerprint density at radius 2 is 1.91 bits per heavy atom. The van der Waals surface area contributed by atoms with E-state index >= 15 is 0 Å². The van der Waals surface area contributed by atoms with Crippen molar-refractivity contribution < 1.29 is 4.42 Å². The molecule has 1 aromatic heterocycles. The van der Waals surface area contributed by atoms with Gasteiger partial charge in [-0.15, -0.1) is 0 Å². The lowest BCUT2D eigenvalue weighted by molar-refractivity contribution is 0.588. The second-order valence-corrected chi connectivity index (χ2v) is 5.79. The summed E-state index contributed by atoms with van der Waals surface area (Å²) in [6.45, 7) is 2.77. The minimum atomic E-state index is -0.0425. The van der Waals surface area contributed by atoms with Gasteiger partial charge in [0.2, 0.25) is 0 Å². The number of rotatable bonds is 2. The molecule has 0 aliphatic carbocycles. The summed E-state index contributed by atoms with van der Waals surface area (Å²) < 4.78 is 5.93. The number of para-hydroxylation sites is 1. The van der Waals surface area contributed by atoms with Crippen LogP contribution in [-0.2, 0) is 0 Å². The first-order valence-electron chi connectivity index (χ1n) is 7.62. The van der Waals surface area contributed by atoms with Gasteiger partial charge in [0.25, 0.3) is 0 Å². The van der Waals surface area contributed by atoms with Crippen molar-refractivity contribution in [2.75, 3.05) is 6.54 Å². The third-order valence-electron chi connectivity index (χ3n) is 4.19. The van der Waals surface area contributed by atoms with Gasteiger partial charge in [0, 0.05) is 12.6 Å². The average molecular weight is 304 g/mol. The lowest BCUT2D eigenvalue weighted by atomic mass is 9.92. The summed E-state index contributed by atoms with van der Waals surface area (Å²) in [5, 5.41) is 4.96. The fourth-order valence-corrected chi connectivity index (χ4v) is 2.93. The van der Waals surface area contributed by atoms with Crippen LogP contribution in [0.5, 0.6) is 0 Å². The minimum Gasteiger partial charge on any atom is -0.454 e. The molecule has 1 N–H and O–H groups in total. The van der Waals surface area contributed by atoms with Gasteiger partial charge < -0.3 is 9.84 Å². The van der Waals surface area contributed by atoms with Crippen molar-refractivity contribution in [3.63, 3.8) is 0 Å².